The van der Waals surface area contributed by atoms with Crippen LogP contribution in [-0.2, 0) is 9.59 Å². The molecular weight excluding hydrogens is 368 g/mol. The van der Waals surface area contributed by atoms with Gasteiger partial charge in [-0.3, -0.25) is 9.59 Å². The number of benzene rings is 2. The Morgan fingerprint density at radius 3 is 2.44 bits per heavy atom. The molecule has 1 heterocycles. The number of rotatable bonds is 5. The summed E-state index contributed by atoms with van der Waals surface area (Å²) in [4.78, 5) is 26.9. The summed E-state index contributed by atoms with van der Waals surface area (Å²) in [6.45, 7) is 0. The number of carbonyl (C=O) groups excluding carboxylic acids is 2. The monoisotopic (exact) mass is 388 g/mol. The SMILES string of the molecule is COc1cc(OC)c(NC(=O)[C@H]2CC(=O)N(C)[C@H]2c2ccccc2)cc1Cl. The number of nitrogens with one attached hydrogen (secondary N) is 1. The summed E-state index contributed by atoms with van der Waals surface area (Å²) < 4.78 is 10.5. The Bertz CT molecular complexity index is 857. The standard InChI is InChI=1S/C20H21ClN2O4/c1-23-18(24)9-13(19(23)12-7-5-4-6-8-12)20(25)22-15-10-14(21)16(26-2)11-17(15)27-3/h4-8,10-11,13,19H,9H2,1-3H3,(H,22,25)/t13-,19-/m0/s1. The van der Waals surface area contributed by atoms with E-state index in [1.165, 1.54) is 14.2 Å². The van der Waals surface area contributed by atoms with Crippen LogP contribution in [0.2, 0.25) is 5.02 Å². The van der Waals surface area contributed by atoms with Crippen LogP contribution < -0.4 is 14.8 Å². The second kappa shape index (κ2) is 7.88. The largest absolute Gasteiger partial charge is 0.495 e. The fraction of sp³-hybridized carbons (Fsp3) is 0.300. The number of nitrogens with zero attached hydrogens (tertiary/aromatic N) is 1. The minimum Gasteiger partial charge on any atom is -0.495 e. The van der Waals surface area contributed by atoms with Crippen LogP contribution in [0.3, 0.4) is 0 Å². The Hall–Kier alpha value is -2.73. The van der Waals surface area contributed by atoms with Gasteiger partial charge in [-0.05, 0) is 11.6 Å². The molecule has 1 aliphatic heterocycles. The number of methoxy groups -OCH3 is 2. The van der Waals surface area contributed by atoms with E-state index >= 15 is 0 Å². The maximum absolute atomic E-state index is 13.0. The summed E-state index contributed by atoms with van der Waals surface area (Å²) in [6, 6.07) is 12.4. The van der Waals surface area contributed by atoms with Crippen LogP contribution in [0.4, 0.5) is 5.69 Å². The molecule has 0 saturated carbocycles. The third-order valence-electron chi connectivity index (χ3n) is 4.80. The molecule has 0 aliphatic carbocycles. The highest BCUT2D eigenvalue weighted by atomic mass is 35.5. The lowest BCUT2D eigenvalue weighted by Gasteiger charge is -2.25. The number of likely N-dealkylation sites (tertiary alicyclic amines) is 1. The maximum atomic E-state index is 13.0. The average Bonchev–Trinajstić information content (AvgIpc) is 2.97. The summed E-state index contributed by atoms with van der Waals surface area (Å²) in [5.74, 6) is 0.0308. The van der Waals surface area contributed by atoms with Gasteiger partial charge in [-0.1, -0.05) is 41.9 Å². The van der Waals surface area contributed by atoms with E-state index in [0.29, 0.717) is 22.2 Å². The van der Waals surface area contributed by atoms with E-state index in [4.69, 9.17) is 21.1 Å². The minimum atomic E-state index is -0.518. The molecule has 1 saturated heterocycles. The molecule has 1 fully saturated rings. The summed E-state index contributed by atoms with van der Waals surface area (Å²) in [7, 11) is 4.72. The molecule has 2 aromatic carbocycles. The van der Waals surface area contributed by atoms with Gasteiger partial charge in [0.25, 0.3) is 0 Å². The van der Waals surface area contributed by atoms with Crippen LogP contribution in [0.1, 0.15) is 18.0 Å². The van der Waals surface area contributed by atoms with Crippen molar-refractivity contribution >= 4 is 29.1 Å². The number of hydrogen-bond donors (Lipinski definition) is 1. The van der Waals surface area contributed by atoms with E-state index in [9.17, 15) is 9.59 Å². The Labute approximate surface area is 163 Å². The van der Waals surface area contributed by atoms with Crippen molar-refractivity contribution in [3.05, 3.63) is 53.1 Å². The Morgan fingerprint density at radius 1 is 1.15 bits per heavy atom. The number of carbonyl (C=O) groups is 2. The first-order valence-electron chi connectivity index (χ1n) is 8.49. The fourth-order valence-electron chi connectivity index (χ4n) is 3.39. The predicted octanol–water partition coefficient (Wildman–Crippen LogP) is 3.52. The topological polar surface area (TPSA) is 67.9 Å². The van der Waals surface area contributed by atoms with Crippen molar-refractivity contribution in [1.29, 1.82) is 0 Å². The van der Waals surface area contributed by atoms with Crippen LogP contribution in [0.25, 0.3) is 0 Å². The highest BCUT2D eigenvalue weighted by molar-refractivity contribution is 6.32. The van der Waals surface area contributed by atoms with Crippen LogP contribution >= 0.6 is 11.6 Å². The van der Waals surface area contributed by atoms with Crippen molar-refractivity contribution < 1.29 is 19.1 Å². The summed E-state index contributed by atoms with van der Waals surface area (Å²) in [5.41, 5.74) is 1.35. The molecule has 0 bridgehead atoms. The third kappa shape index (κ3) is 3.71. The molecule has 0 unspecified atom stereocenters. The second-order valence-electron chi connectivity index (χ2n) is 6.35. The average molecular weight is 389 g/mol. The summed E-state index contributed by atoms with van der Waals surface area (Å²) in [5, 5.41) is 3.21. The molecule has 0 aromatic heterocycles. The van der Waals surface area contributed by atoms with Crippen molar-refractivity contribution in [3.63, 3.8) is 0 Å². The molecule has 2 aromatic rings. The molecule has 3 rings (SSSR count). The van der Waals surface area contributed by atoms with Gasteiger partial charge in [0, 0.05) is 19.5 Å². The third-order valence-corrected chi connectivity index (χ3v) is 5.09. The zero-order valence-corrected chi connectivity index (χ0v) is 16.1. The number of anilines is 1. The molecular formula is C20H21ClN2O4. The molecule has 1 N–H and O–H groups in total. The first-order chi connectivity index (χ1) is 13.0. The molecule has 6 nitrogen and oxygen atoms in total. The molecule has 27 heavy (non-hydrogen) atoms. The zero-order valence-electron chi connectivity index (χ0n) is 15.4. The van der Waals surface area contributed by atoms with Crippen molar-refractivity contribution in [2.45, 2.75) is 12.5 Å². The molecule has 1 aliphatic rings. The van der Waals surface area contributed by atoms with Gasteiger partial charge < -0.3 is 19.7 Å². The van der Waals surface area contributed by atoms with Crippen molar-refractivity contribution in [2.24, 2.45) is 5.92 Å². The fourth-order valence-corrected chi connectivity index (χ4v) is 3.63. The highest BCUT2D eigenvalue weighted by Crippen LogP contribution is 2.40. The highest BCUT2D eigenvalue weighted by Gasteiger charge is 2.42. The molecule has 2 atom stereocenters. The van der Waals surface area contributed by atoms with Crippen LogP contribution in [0.5, 0.6) is 11.5 Å². The van der Waals surface area contributed by atoms with Crippen molar-refractivity contribution in [2.75, 3.05) is 26.6 Å². The lowest BCUT2D eigenvalue weighted by molar-refractivity contribution is -0.127. The van der Waals surface area contributed by atoms with E-state index in [2.05, 4.69) is 5.32 Å². The first kappa shape index (κ1) is 19.0. The van der Waals surface area contributed by atoms with E-state index < -0.39 is 5.92 Å². The second-order valence-corrected chi connectivity index (χ2v) is 6.75. The lowest BCUT2D eigenvalue weighted by atomic mass is 9.93. The summed E-state index contributed by atoms with van der Waals surface area (Å²) in [6.07, 6.45) is 0.147. The number of ether oxygens (including phenoxy) is 2. The van der Waals surface area contributed by atoms with E-state index in [1.54, 1.807) is 24.1 Å². The van der Waals surface area contributed by atoms with Gasteiger partial charge in [0.15, 0.2) is 0 Å². The van der Waals surface area contributed by atoms with Gasteiger partial charge >= 0.3 is 0 Å². The molecule has 2 amide bonds. The van der Waals surface area contributed by atoms with Gasteiger partial charge in [0.05, 0.1) is 36.9 Å². The van der Waals surface area contributed by atoms with Crippen LogP contribution in [0, 0.1) is 5.92 Å². The lowest BCUT2D eigenvalue weighted by Crippen LogP contribution is -2.30. The van der Waals surface area contributed by atoms with Crippen molar-refractivity contribution in [3.8, 4) is 11.5 Å². The normalized spacial score (nSPS) is 19.1. The van der Waals surface area contributed by atoms with E-state index in [1.807, 2.05) is 30.3 Å². The Kier molecular flexibility index (Phi) is 5.56. The van der Waals surface area contributed by atoms with E-state index in [0.717, 1.165) is 5.56 Å². The van der Waals surface area contributed by atoms with Gasteiger partial charge in [-0.2, -0.15) is 0 Å². The van der Waals surface area contributed by atoms with Gasteiger partial charge in [0.1, 0.15) is 11.5 Å². The molecule has 0 spiro atoms. The number of halogens is 1. The van der Waals surface area contributed by atoms with Crippen molar-refractivity contribution in [1.82, 2.24) is 4.90 Å². The minimum absolute atomic E-state index is 0.0660. The number of amides is 2. The first-order valence-corrected chi connectivity index (χ1v) is 8.87. The van der Waals surface area contributed by atoms with Gasteiger partial charge in [-0.25, -0.2) is 0 Å². The smallest absolute Gasteiger partial charge is 0.230 e. The van der Waals surface area contributed by atoms with Gasteiger partial charge in [0.2, 0.25) is 11.8 Å². The maximum Gasteiger partial charge on any atom is 0.230 e. The zero-order chi connectivity index (χ0) is 19.6. The predicted molar refractivity (Wildman–Crippen MR) is 103 cm³/mol. The molecule has 142 valence electrons. The Morgan fingerprint density at radius 2 is 1.81 bits per heavy atom. The molecule has 0 radical (unpaired) electrons. The van der Waals surface area contributed by atoms with Gasteiger partial charge in [-0.15, -0.1) is 0 Å². The number of hydrogen-bond acceptors (Lipinski definition) is 4. The quantitative estimate of drug-likeness (QED) is 0.851. The van der Waals surface area contributed by atoms with Crippen LogP contribution in [0.15, 0.2) is 42.5 Å². The van der Waals surface area contributed by atoms with Crippen LogP contribution in [-0.4, -0.2) is 38.0 Å². The summed E-state index contributed by atoms with van der Waals surface area (Å²) >= 11 is 6.18. The van der Waals surface area contributed by atoms with E-state index in [-0.39, 0.29) is 24.3 Å². The molecule has 7 heteroatoms. The Balaban J connectivity index is 1.89.